The van der Waals surface area contributed by atoms with Gasteiger partial charge in [-0.3, -0.25) is 33.6 Å². The Morgan fingerprint density at radius 1 is 0.551 bits per heavy atom. The largest absolute Gasteiger partial charge is 0.480 e. The number of amides is 7. The van der Waals surface area contributed by atoms with Gasteiger partial charge in [0.05, 0.1) is 44.3 Å². The number of nitrogens with zero attached hydrogens (tertiary/aromatic N) is 6. The van der Waals surface area contributed by atoms with Crippen molar-refractivity contribution in [2.24, 2.45) is 5.73 Å². The zero-order valence-corrected chi connectivity index (χ0v) is 41.8. The molecule has 29 heteroatoms. The van der Waals surface area contributed by atoms with Crippen LogP contribution in [-0.4, -0.2) is 179 Å². The summed E-state index contributed by atoms with van der Waals surface area (Å²) in [5.41, 5.74) is 9.91. The van der Waals surface area contributed by atoms with Gasteiger partial charge in [-0.1, -0.05) is 18.2 Å². The second-order valence-electron chi connectivity index (χ2n) is 18.7. The Morgan fingerprint density at radius 2 is 0.987 bits per heavy atom. The monoisotopic (exact) mass is 1070 g/mol. The number of rotatable bonds is 27. The van der Waals surface area contributed by atoms with Crippen LogP contribution in [0.25, 0.3) is 10.9 Å². The molecule has 7 heterocycles. The third kappa shape index (κ3) is 14.2. The summed E-state index contributed by atoms with van der Waals surface area (Å²) in [6, 6.07) is -3.62. The van der Waals surface area contributed by atoms with Crippen LogP contribution in [0.15, 0.2) is 93.1 Å². The number of aliphatic carboxylic acids is 1. The summed E-state index contributed by atoms with van der Waals surface area (Å²) in [5, 5.41) is 36.9. The number of hydrogen-bond acceptors (Lipinski definition) is 15. The maximum absolute atomic E-state index is 14.7. The van der Waals surface area contributed by atoms with Crippen molar-refractivity contribution >= 4 is 58.2 Å². The van der Waals surface area contributed by atoms with Crippen molar-refractivity contribution in [2.75, 3.05) is 13.2 Å². The molecule has 8 atom stereocenters. The van der Waals surface area contributed by atoms with E-state index in [0.29, 0.717) is 40.5 Å². The van der Waals surface area contributed by atoms with Crippen LogP contribution in [0.3, 0.4) is 0 Å². The van der Waals surface area contributed by atoms with Crippen molar-refractivity contribution in [3.63, 3.8) is 0 Å². The lowest BCUT2D eigenvalue weighted by atomic mass is 10.0. The molecule has 1 aliphatic heterocycles. The minimum atomic E-state index is -1.61. The Bertz CT molecular complexity index is 3110. The number of nitrogens with two attached hydrogens (primary N) is 1. The molecule has 1 aliphatic rings. The number of aromatic nitrogens is 11. The first-order valence-corrected chi connectivity index (χ1v) is 24.9. The Kier molecular flexibility index (Phi) is 18.1. The van der Waals surface area contributed by atoms with Crippen LogP contribution in [0.4, 0.5) is 0 Å². The third-order valence-corrected chi connectivity index (χ3v) is 13.1. The lowest BCUT2D eigenvalue weighted by Gasteiger charge is -2.31. The number of nitrogens with one attached hydrogen (secondary N) is 12. The number of para-hydroxylation sites is 1. The van der Waals surface area contributed by atoms with Gasteiger partial charge in [-0.2, -0.15) is 0 Å². The number of aliphatic hydroxyl groups excluding tert-OH is 1. The summed E-state index contributed by atoms with van der Waals surface area (Å²) >= 11 is 0. The van der Waals surface area contributed by atoms with E-state index in [0.717, 1.165) is 10.9 Å². The average Bonchev–Trinajstić information content (AvgIpc) is 4.31. The Hall–Kier alpha value is -9.51. The number of likely N-dealkylation sites (tertiary alicyclic amines) is 1. The summed E-state index contributed by atoms with van der Waals surface area (Å²) in [5.74, 6) is -7.00. The Morgan fingerprint density at radius 3 is 1.46 bits per heavy atom. The first kappa shape index (κ1) is 54.7. The molecule has 1 fully saturated rings. The zero-order chi connectivity index (χ0) is 55.1. The van der Waals surface area contributed by atoms with E-state index in [4.69, 9.17) is 5.73 Å². The predicted octanol–water partition coefficient (Wildman–Crippen LogP) is -3.16. The van der Waals surface area contributed by atoms with Crippen LogP contribution in [0.1, 0.15) is 46.9 Å². The van der Waals surface area contributed by atoms with Crippen LogP contribution in [-0.2, 0) is 76.9 Å². The van der Waals surface area contributed by atoms with E-state index < -0.39 is 102 Å². The van der Waals surface area contributed by atoms with Crippen molar-refractivity contribution in [3.8, 4) is 0 Å². The predicted molar refractivity (Wildman–Crippen MR) is 272 cm³/mol. The molecule has 0 aliphatic carbocycles. The quantitative estimate of drug-likeness (QED) is 0.0242. The van der Waals surface area contributed by atoms with Gasteiger partial charge in [0, 0.05) is 122 Å². The van der Waals surface area contributed by atoms with Gasteiger partial charge >= 0.3 is 5.97 Å². The van der Waals surface area contributed by atoms with E-state index in [9.17, 15) is 48.6 Å². The van der Waals surface area contributed by atoms with Crippen molar-refractivity contribution in [1.29, 1.82) is 0 Å². The molecule has 29 nitrogen and oxygen atoms in total. The van der Waals surface area contributed by atoms with Gasteiger partial charge in [0.15, 0.2) is 0 Å². The van der Waals surface area contributed by atoms with Crippen LogP contribution in [0.5, 0.6) is 0 Å². The smallest absolute Gasteiger partial charge is 0.326 e. The molecule has 0 unspecified atom stereocenters. The highest BCUT2D eigenvalue weighted by Crippen LogP contribution is 2.22. The second-order valence-corrected chi connectivity index (χ2v) is 18.7. The van der Waals surface area contributed by atoms with Crippen LogP contribution in [0.2, 0.25) is 0 Å². The number of aliphatic hydroxyl groups is 1. The van der Waals surface area contributed by atoms with Crippen molar-refractivity contribution in [2.45, 2.75) is 99.7 Å². The van der Waals surface area contributed by atoms with Gasteiger partial charge in [-0.05, 0) is 24.5 Å². The van der Waals surface area contributed by atoms with E-state index in [1.807, 2.05) is 12.1 Å². The van der Waals surface area contributed by atoms with Gasteiger partial charge in [0.2, 0.25) is 41.4 Å². The van der Waals surface area contributed by atoms with Gasteiger partial charge < -0.3 is 82.7 Å². The van der Waals surface area contributed by atoms with E-state index in [1.165, 1.54) is 67.5 Å². The molecular weight excluding hydrogens is 1010 g/mol. The highest BCUT2D eigenvalue weighted by molar-refractivity contribution is 5.98. The topological polar surface area (TPSA) is 438 Å². The first-order valence-electron chi connectivity index (χ1n) is 24.9. The van der Waals surface area contributed by atoms with E-state index in [1.54, 1.807) is 18.3 Å². The minimum Gasteiger partial charge on any atom is -0.480 e. The molecule has 16 N–H and O–H groups in total. The fourth-order valence-electron chi connectivity index (χ4n) is 9.07. The molecule has 8 rings (SSSR count). The van der Waals surface area contributed by atoms with Gasteiger partial charge in [0.1, 0.15) is 42.3 Å². The number of carbonyl (C=O) groups excluding carboxylic acids is 7. The molecule has 1 aromatic carbocycles. The summed E-state index contributed by atoms with van der Waals surface area (Å²) in [6.45, 7) is -0.856. The molecule has 1 saturated heterocycles. The molecule has 7 aromatic rings. The SMILES string of the molecule is N[C@@H](Cc1cnc[nH]1)C(=O)N[C@@H](Cc1cnc[nH]1)C(=O)N[C@@H](Cc1cnc[nH]1)C(=O)N[C@@H](Cc1cnc[nH]1)C(=O)N[C@@H](Cc1cnc[nH]1)C(=O)N1CCC[C@H]1C(=O)N[C@@H](CO)C(=O)N[C@@H](Cc1c[nH]c2ccccc12)C(=O)O. The van der Waals surface area contributed by atoms with E-state index in [2.05, 4.69) is 86.7 Å². The number of carboxylic acids is 1. The lowest BCUT2D eigenvalue weighted by molar-refractivity contribution is -0.144. The van der Waals surface area contributed by atoms with Crippen LogP contribution in [0, 0.1) is 0 Å². The highest BCUT2D eigenvalue weighted by Gasteiger charge is 2.41. The number of hydrogen-bond donors (Lipinski definition) is 15. The zero-order valence-electron chi connectivity index (χ0n) is 41.8. The van der Waals surface area contributed by atoms with Crippen LogP contribution >= 0.6 is 0 Å². The van der Waals surface area contributed by atoms with Gasteiger partial charge in [0.25, 0.3) is 0 Å². The number of fused-ring (bicyclic) bond motifs is 1. The first-order chi connectivity index (χ1) is 37.7. The summed E-state index contributed by atoms with van der Waals surface area (Å²) < 4.78 is 0. The molecule has 0 radical (unpaired) electrons. The number of carboxylic acid groups (broad SMARTS) is 1. The maximum atomic E-state index is 14.7. The second kappa shape index (κ2) is 25.8. The summed E-state index contributed by atoms with van der Waals surface area (Å²) in [6.07, 6.45) is 15.7. The third-order valence-electron chi connectivity index (χ3n) is 13.1. The van der Waals surface area contributed by atoms with Gasteiger partial charge in [-0.15, -0.1) is 0 Å². The highest BCUT2D eigenvalue weighted by atomic mass is 16.4. The lowest BCUT2D eigenvalue weighted by Crippen LogP contribution is -2.61. The van der Waals surface area contributed by atoms with Crippen molar-refractivity contribution in [3.05, 3.63) is 127 Å². The molecular formula is C49H59N19O10. The molecule has 78 heavy (non-hydrogen) atoms. The number of benzene rings is 1. The average molecular weight is 1070 g/mol. The van der Waals surface area contributed by atoms with Crippen molar-refractivity contribution < 1.29 is 48.6 Å². The number of imidazole rings is 5. The fourth-order valence-corrected chi connectivity index (χ4v) is 9.07. The molecule has 0 spiro atoms. The molecule has 0 saturated carbocycles. The summed E-state index contributed by atoms with van der Waals surface area (Å²) in [7, 11) is 0. The maximum Gasteiger partial charge on any atom is 0.326 e. The Labute approximate surface area is 443 Å². The standard InChI is InChI=1S/C49H59N19O10/c50-33(9-27-15-51-21-57-27)42(70)62-35(10-28-16-52-22-58-28)43(71)63-36(11-29-17-53-23-59-29)44(72)64-37(12-30-18-54-24-60-30)45(73)65-38(13-31-19-55-25-61-31)48(76)68-7-3-6-41(68)47(75)67-40(20-69)46(74)66-39(49(77)78)8-26-14-56-34-5-2-1-4-32(26)34/h1-2,4-5,14-19,21-25,33,35-41,56,69H,3,6-13,20,50H2,(H,51,57)(H,52,58)(H,53,59)(H,54,60)(H,55,61)(H,62,70)(H,63,71)(H,64,72)(H,65,73)(H,66,74)(H,67,75)(H,77,78)/t33-,35-,36-,37-,38-,39-,40-,41-/m0/s1. The fraction of sp³-hybridized carbons (Fsp3) is 0.367. The van der Waals surface area contributed by atoms with Crippen LogP contribution < -0.4 is 37.6 Å². The molecule has 410 valence electrons. The van der Waals surface area contributed by atoms with E-state index >= 15 is 0 Å². The number of carbonyl (C=O) groups is 8. The molecule has 0 bridgehead atoms. The van der Waals surface area contributed by atoms with Gasteiger partial charge in [-0.25, -0.2) is 29.7 Å². The van der Waals surface area contributed by atoms with Crippen molar-refractivity contribution in [1.82, 2.24) is 91.6 Å². The normalized spacial score (nSPS) is 16.0. The molecule has 7 amide bonds. The molecule has 6 aromatic heterocycles. The van der Waals surface area contributed by atoms with E-state index in [-0.39, 0.29) is 51.5 Å². The Balaban J connectivity index is 0.972. The minimum absolute atomic E-state index is 0.0509. The summed E-state index contributed by atoms with van der Waals surface area (Å²) in [4.78, 5) is 150. The number of aromatic amines is 6. The number of H-pyrrole nitrogens is 6.